The van der Waals surface area contributed by atoms with Gasteiger partial charge in [0.1, 0.15) is 5.82 Å². The molecule has 0 saturated carbocycles. The van der Waals surface area contributed by atoms with Crippen molar-refractivity contribution in [2.45, 2.75) is 50.1 Å². The van der Waals surface area contributed by atoms with Gasteiger partial charge in [0.15, 0.2) is 5.16 Å². The van der Waals surface area contributed by atoms with E-state index in [0.717, 1.165) is 24.0 Å². The maximum Gasteiger partial charge on any atom is 0.267 e. The molecule has 7 heteroatoms. The number of thioether (sulfide) groups is 1. The second kappa shape index (κ2) is 10.7. The van der Waals surface area contributed by atoms with Crippen LogP contribution >= 0.6 is 11.8 Å². The molecule has 4 rings (SSSR count). The van der Waals surface area contributed by atoms with Crippen LogP contribution in [0.1, 0.15) is 43.9 Å². The molecule has 0 aliphatic rings. The number of hydrogen-bond donors (Lipinski definition) is 1. The highest BCUT2D eigenvalue weighted by Crippen LogP contribution is 2.26. The summed E-state index contributed by atoms with van der Waals surface area (Å²) in [5, 5.41) is 3.67. The lowest BCUT2D eigenvalue weighted by atomic mass is 10.0. The van der Waals surface area contributed by atoms with E-state index < -0.39 is 5.25 Å². The van der Waals surface area contributed by atoms with Crippen molar-refractivity contribution in [3.8, 4) is 5.82 Å². The third-order valence-electron chi connectivity index (χ3n) is 5.62. The summed E-state index contributed by atoms with van der Waals surface area (Å²) in [6, 6.07) is 20.9. The van der Waals surface area contributed by atoms with Crippen molar-refractivity contribution in [2.24, 2.45) is 0 Å². The molecule has 2 aromatic carbocycles. The van der Waals surface area contributed by atoms with Gasteiger partial charge in [0, 0.05) is 6.20 Å². The second-order valence-corrected chi connectivity index (χ2v) is 9.57. The molecule has 174 valence electrons. The van der Waals surface area contributed by atoms with Crippen molar-refractivity contribution in [1.29, 1.82) is 0 Å². The SMILES string of the molecule is CCCC(NC(=O)C(C)Sc1nc2ccccc2c(=O)n1-c1cc(C)ccn1)c1ccccc1. The molecule has 0 bridgehead atoms. The lowest BCUT2D eigenvalue weighted by molar-refractivity contribution is -0.121. The monoisotopic (exact) mass is 472 g/mol. The van der Waals surface area contributed by atoms with Gasteiger partial charge in [0.2, 0.25) is 5.91 Å². The zero-order valence-corrected chi connectivity index (χ0v) is 20.4. The number of pyridine rings is 1. The van der Waals surface area contributed by atoms with Crippen LogP contribution in [0.25, 0.3) is 16.7 Å². The number of nitrogens with one attached hydrogen (secondary N) is 1. The van der Waals surface area contributed by atoms with E-state index in [-0.39, 0.29) is 17.5 Å². The Hall–Kier alpha value is -3.45. The first-order chi connectivity index (χ1) is 16.5. The first-order valence-corrected chi connectivity index (χ1v) is 12.3. The highest BCUT2D eigenvalue weighted by atomic mass is 32.2. The number of benzene rings is 2. The lowest BCUT2D eigenvalue weighted by Crippen LogP contribution is -2.35. The Morgan fingerprint density at radius 2 is 1.82 bits per heavy atom. The molecule has 0 radical (unpaired) electrons. The summed E-state index contributed by atoms with van der Waals surface area (Å²) >= 11 is 1.26. The van der Waals surface area contributed by atoms with Crippen LogP contribution in [0.2, 0.25) is 0 Å². The summed E-state index contributed by atoms with van der Waals surface area (Å²) < 4.78 is 1.50. The van der Waals surface area contributed by atoms with Gasteiger partial charge in [-0.3, -0.25) is 9.59 Å². The Labute approximate surface area is 203 Å². The van der Waals surface area contributed by atoms with Gasteiger partial charge >= 0.3 is 0 Å². The molecule has 0 aliphatic heterocycles. The normalized spacial score (nSPS) is 12.9. The number of hydrogen-bond acceptors (Lipinski definition) is 5. The Kier molecular flexibility index (Phi) is 7.43. The first kappa shape index (κ1) is 23.7. The van der Waals surface area contributed by atoms with Crippen LogP contribution in [0.5, 0.6) is 0 Å². The summed E-state index contributed by atoms with van der Waals surface area (Å²) in [6.07, 6.45) is 3.47. The molecule has 2 unspecified atom stereocenters. The van der Waals surface area contributed by atoms with Crippen LogP contribution in [0.3, 0.4) is 0 Å². The number of carbonyl (C=O) groups is 1. The minimum Gasteiger partial charge on any atom is -0.348 e. The molecule has 34 heavy (non-hydrogen) atoms. The summed E-state index contributed by atoms with van der Waals surface area (Å²) in [6.45, 7) is 5.89. The molecule has 1 amide bonds. The molecule has 1 N–H and O–H groups in total. The van der Waals surface area contributed by atoms with Crippen molar-refractivity contribution in [3.05, 3.63) is 94.4 Å². The van der Waals surface area contributed by atoms with E-state index in [2.05, 4.69) is 17.2 Å². The van der Waals surface area contributed by atoms with E-state index in [1.807, 2.05) is 74.5 Å². The Morgan fingerprint density at radius 1 is 1.09 bits per heavy atom. The van der Waals surface area contributed by atoms with Crippen LogP contribution in [0.15, 0.2) is 82.9 Å². The smallest absolute Gasteiger partial charge is 0.267 e. The second-order valence-electron chi connectivity index (χ2n) is 8.26. The Balaban J connectivity index is 1.67. The molecule has 2 atom stereocenters. The van der Waals surface area contributed by atoms with Gasteiger partial charge in [-0.05, 0) is 55.7 Å². The average molecular weight is 473 g/mol. The molecule has 0 spiro atoms. The number of carbonyl (C=O) groups excluding carboxylic acids is 1. The fourth-order valence-electron chi connectivity index (χ4n) is 3.83. The van der Waals surface area contributed by atoms with Crippen LogP contribution in [0.4, 0.5) is 0 Å². The summed E-state index contributed by atoms with van der Waals surface area (Å²) in [5.74, 6) is 0.393. The van der Waals surface area contributed by atoms with Gasteiger partial charge in [-0.2, -0.15) is 0 Å². The highest BCUT2D eigenvalue weighted by Gasteiger charge is 2.23. The standard InChI is InChI=1S/C27H28N4O2S/c1-4-10-22(20-11-6-5-7-12-20)29-25(32)19(3)34-27-30-23-14-9-8-13-21(23)26(33)31(27)24-17-18(2)15-16-28-24/h5-9,11-17,19,22H,4,10H2,1-3H3,(H,29,32). The predicted octanol–water partition coefficient (Wildman–Crippen LogP) is 5.23. The van der Waals surface area contributed by atoms with E-state index in [1.54, 1.807) is 12.3 Å². The van der Waals surface area contributed by atoms with Crippen molar-refractivity contribution < 1.29 is 4.79 Å². The van der Waals surface area contributed by atoms with Gasteiger partial charge < -0.3 is 5.32 Å². The molecule has 0 fully saturated rings. The molecular formula is C27H28N4O2S. The molecule has 0 saturated heterocycles. The Bertz CT molecular complexity index is 1350. The van der Waals surface area contributed by atoms with E-state index in [4.69, 9.17) is 4.98 Å². The quantitative estimate of drug-likeness (QED) is 0.281. The predicted molar refractivity (Wildman–Crippen MR) is 137 cm³/mol. The van der Waals surface area contributed by atoms with Gasteiger partial charge in [-0.15, -0.1) is 0 Å². The van der Waals surface area contributed by atoms with Crippen molar-refractivity contribution >= 4 is 28.6 Å². The largest absolute Gasteiger partial charge is 0.348 e. The number of nitrogens with zero attached hydrogens (tertiary/aromatic N) is 3. The summed E-state index contributed by atoms with van der Waals surface area (Å²) in [7, 11) is 0. The number of amides is 1. The fourth-order valence-corrected chi connectivity index (χ4v) is 4.76. The number of rotatable bonds is 8. The number of para-hydroxylation sites is 1. The van der Waals surface area contributed by atoms with Gasteiger partial charge in [-0.1, -0.05) is 67.6 Å². The molecular weight excluding hydrogens is 444 g/mol. The van der Waals surface area contributed by atoms with Gasteiger partial charge in [-0.25, -0.2) is 14.5 Å². The number of fused-ring (bicyclic) bond motifs is 1. The topological polar surface area (TPSA) is 76.9 Å². The van der Waals surface area contributed by atoms with Gasteiger partial charge in [0.05, 0.1) is 22.2 Å². The minimum atomic E-state index is -0.466. The van der Waals surface area contributed by atoms with Crippen LogP contribution < -0.4 is 10.9 Å². The summed E-state index contributed by atoms with van der Waals surface area (Å²) in [5.41, 5.74) is 2.46. The van der Waals surface area contributed by atoms with Crippen LogP contribution in [-0.2, 0) is 4.79 Å². The van der Waals surface area contributed by atoms with Crippen molar-refractivity contribution in [1.82, 2.24) is 19.9 Å². The Morgan fingerprint density at radius 3 is 2.56 bits per heavy atom. The zero-order chi connectivity index (χ0) is 24.1. The average Bonchev–Trinajstić information content (AvgIpc) is 2.84. The zero-order valence-electron chi connectivity index (χ0n) is 19.6. The first-order valence-electron chi connectivity index (χ1n) is 11.4. The van der Waals surface area contributed by atoms with Gasteiger partial charge in [0.25, 0.3) is 5.56 Å². The molecule has 6 nitrogen and oxygen atoms in total. The van der Waals surface area contributed by atoms with E-state index in [9.17, 15) is 9.59 Å². The molecule has 0 aliphatic carbocycles. The maximum atomic E-state index is 13.4. The molecule has 2 aromatic heterocycles. The van der Waals surface area contributed by atoms with E-state index in [1.165, 1.54) is 16.3 Å². The van der Waals surface area contributed by atoms with Crippen molar-refractivity contribution in [2.75, 3.05) is 0 Å². The maximum absolute atomic E-state index is 13.4. The minimum absolute atomic E-state index is 0.0630. The van der Waals surface area contributed by atoms with Crippen LogP contribution in [0, 0.1) is 6.92 Å². The highest BCUT2D eigenvalue weighted by molar-refractivity contribution is 8.00. The lowest BCUT2D eigenvalue weighted by Gasteiger charge is -2.21. The summed E-state index contributed by atoms with van der Waals surface area (Å²) in [4.78, 5) is 35.8. The fraction of sp³-hybridized carbons (Fsp3) is 0.259. The van der Waals surface area contributed by atoms with E-state index in [0.29, 0.717) is 21.9 Å². The van der Waals surface area contributed by atoms with E-state index >= 15 is 0 Å². The molecule has 2 heterocycles. The molecule has 4 aromatic rings. The third-order valence-corrected chi connectivity index (χ3v) is 6.67. The van der Waals surface area contributed by atoms with Crippen molar-refractivity contribution in [3.63, 3.8) is 0 Å². The van der Waals surface area contributed by atoms with Crippen LogP contribution in [-0.4, -0.2) is 25.7 Å². The third kappa shape index (κ3) is 5.20. The number of aromatic nitrogens is 3. The number of aryl methyl sites for hydroxylation is 1.